The molecule has 0 heterocycles. The Balaban J connectivity index is 1.59. The second-order valence-electron chi connectivity index (χ2n) is 4.83. The standard InChI is InChI=1S/C18H16Cl2O6/c19-13-5-1-3-7-15(13)23-9-11-25-17(21)18(22)26-12-10-24-16-8-4-2-6-14(16)20/h1-8H,9-12H2. The quantitative estimate of drug-likeness (QED) is 0.384. The van der Waals surface area contributed by atoms with Crippen molar-refractivity contribution in [2.75, 3.05) is 26.4 Å². The second-order valence-corrected chi connectivity index (χ2v) is 5.64. The molecule has 0 aromatic heterocycles. The first-order valence-corrected chi connectivity index (χ1v) is 8.42. The van der Waals surface area contributed by atoms with Gasteiger partial charge in [0.1, 0.15) is 37.9 Å². The molecule has 0 aliphatic heterocycles. The zero-order valence-electron chi connectivity index (χ0n) is 13.7. The second kappa shape index (κ2) is 10.5. The summed E-state index contributed by atoms with van der Waals surface area (Å²) in [5.74, 6) is -1.29. The number of para-hydroxylation sites is 2. The molecule has 0 saturated carbocycles. The van der Waals surface area contributed by atoms with Crippen LogP contribution in [0.4, 0.5) is 0 Å². The molecular formula is C18H16Cl2O6. The first-order chi connectivity index (χ1) is 12.6. The van der Waals surface area contributed by atoms with Crippen LogP contribution in [0.3, 0.4) is 0 Å². The summed E-state index contributed by atoms with van der Waals surface area (Å²) in [6.45, 7) is -0.124. The lowest BCUT2D eigenvalue weighted by Crippen LogP contribution is -2.24. The number of rotatable bonds is 8. The average Bonchev–Trinajstić information content (AvgIpc) is 2.64. The lowest BCUT2D eigenvalue weighted by Gasteiger charge is -2.09. The minimum Gasteiger partial charge on any atom is -0.488 e. The van der Waals surface area contributed by atoms with Gasteiger partial charge in [-0.3, -0.25) is 0 Å². The number of hydrogen-bond acceptors (Lipinski definition) is 6. The van der Waals surface area contributed by atoms with Crippen molar-refractivity contribution in [1.82, 2.24) is 0 Å². The summed E-state index contributed by atoms with van der Waals surface area (Å²) in [5.41, 5.74) is 0. The van der Waals surface area contributed by atoms with Crippen LogP contribution in [-0.2, 0) is 19.1 Å². The summed E-state index contributed by atoms with van der Waals surface area (Å²) < 4.78 is 20.2. The first kappa shape index (κ1) is 19.9. The van der Waals surface area contributed by atoms with Gasteiger partial charge in [0, 0.05) is 0 Å². The van der Waals surface area contributed by atoms with E-state index in [0.717, 1.165) is 0 Å². The zero-order valence-corrected chi connectivity index (χ0v) is 15.2. The van der Waals surface area contributed by atoms with Crippen LogP contribution in [0, 0.1) is 0 Å². The van der Waals surface area contributed by atoms with Gasteiger partial charge in [-0.1, -0.05) is 47.5 Å². The molecule has 2 aromatic carbocycles. The molecule has 0 N–H and O–H groups in total. The predicted octanol–water partition coefficient (Wildman–Crippen LogP) is 3.54. The molecule has 138 valence electrons. The van der Waals surface area contributed by atoms with E-state index < -0.39 is 11.9 Å². The lowest BCUT2D eigenvalue weighted by molar-refractivity contribution is -0.168. The molecule has 0 aliphatic carbocycles. The van der Waals surface area contributed by atoms with Crippen LogP contribution in [0.5, 0.6) is 11.5 Å². The molecule has 0 amide bonds. The van der Waals surface area contributed by atoms with E-state index >= 15 is 0 Å². The summed E-state index contributed by atoms with van der Waals surface area (Å²) >= 11 is 11.8. The Kier molecular flexibility index (Phi) is 8.05. The Morgan fingerprint density at radius 1 is 0.654 bits per heavy atom. The minimum atomic E-state index is -1.11. The van der Waals surface area contributed by atoms with Crippen molar-refractivity contribution in [3.05, 3.63) is 58.6 Å². The third-order valence-electron chi connectivity index (χ3n) is 2.99. The molecule has 0 bridgehead atoms. The molecule has 2 rings (SSSR count). The summed E-state index contributed by atoms with van der Waals surface area (Å²) in [7, 11) is 0. The summed E-state index contributed by atoms with van der Waals surface area (Å²) in [5, 5.41) is 0.883. The average molecular weight is 399 g/mol. The predicted molar refractivity (Wildman–Crippen MR) is 95.8 cm³/mol. The number of benzene rings is 2. The third-order valence-corrected chi connectivity index (χ3v) is 3.61. The molecule has 0 aliphatic rings. The highest BCUT2D eigenvalue weighted by Crippen LogP contribution is 2.23. The van der Waals surface area contributed by atoms with Crippen molar-refractivity contribution in [3.8, 4) is 11.5 Å². The van der Waals surface area contributed by atoms with E-state index in [2.05, 4.69) is 0 Å². The smallest absolute Gasteiger partial charge is 0.417 e. The maximum absolute atomic E-state index is 11.5. The van der Waals surface area contributed by atoms with Gasteiger partial charge >= 0.3 is 11.9 Å². The normalized spacial score (nSPS) is 10.1. The van der Waals surface area contributed by atoms with Crippen LogP contribution in [0.1, 0.15) is 0 Å². The number of carbonyl (C=O) groups excluding carboxylic acids is 2. The van der Waals surface area contributed by atoms with Crippen LogP contribution >= 0.6 is 23.2 Å². The molecule has 0 unspecified atom stereocenters. The van der Waals surface area contributed by atoms with E-state index in [1.165, 1.54) is 0 Å². The molecule has 0 spiro atoms. The monoisotopic (exact) mass is 398 g/mol. The number of ether oxygens (including phenoxy) is 4. The van der Waals surface area contributed by atoms with Crippen molar-refractivity contribution in [2.24, 2.45) is 0 Å². The van der Waals surface area contributed by atoms with Crippen molar-refractivity contribution in [1.29, 1.82) is 0 Å². The lowest BCUT2D eigenvalue weighted by atomic mass is 10.3. The van der Waals surface area contributed by atoms with Crippen molar-refractivity contribution >= 4 is 35.1 Å². The Labute approximate surface area is 160 Å². The maximum Gasteiger partial charge on any atom is 0.417 e. The molecule has 2 aromatic rings. The van der Waals surface area contributed by atoms with Gasteiger partial charge < -0.3 is 18.9 Å². The summed E-state index contributed by atoms with van der Waals surface area (Å²) in [6, 6.07) is 13.7. The van der Waals surface area contributed by atoms with Crippen LogP contribution in [0.25, 0.3) is 0 Å². The molecule has 8 heteroatoms. The van der Waals surface area contributed by atoms with Gasteiger partial charge in [-0.2, -0.15) is 0 Å². The fourth-order valence-electron chi connectivity index (χ4n) is 1.81. The fraction of sp³-hybridized carbons (Fsp3) is 0.222. The van der Waals surface area contributed by atoms with E-state index in [1.807, 2.05) is 0 Å². The molecule has 0 radical (unpaired) electrons. The minimum absolute atomic E-state index is 0.0539. The van der Waals surface area contributed by atoms with Gasteiger partial charge in [0.05, 0.1) is 10.0 Å². The Hall–Kier alpha value is -2.44. The van der Waals surface area contributed by atoms with E-state index in [9.17, 15) is 9.59 Å². The van der Waals surface area contributed by atoms with Crippen LogP contribution in [0.2, 0.25) is 10.0 Å². The Bertz CT molecular complexity index is 686. The van der Waals surface area contributed by atoms with Crippen LogP contribution in [0.15, 0.2) is 48.5 Å². The zero-order chi connectivity index (χ0) is 18.8. The van der Waals surface area contributed by atoms with Gasteiger partial charge in [-0.15, -0.1) is 0 Å². The van der Waals surface area contributed by atoms with E-state index in [4.69, 9.17) is 42.1 Å². The van der Waals surface area contributed by atoms with Crippen molar-refractivity contribution in [3.63, 3.8) is 0 Å². The van der Waals surface area contributed by atoms with E-state index in [0.29, 0.717) is 21.5 Å². The molecule has 0 saturated heterocycles. The van der Waals surface area contributed by atoms with Gasteiger partial charge in [-0.05, 0) is 24.3 Å². The highest BCUT2D eigenvalue weighted by atomic mass is 35.5. The fourth-order valence-corrected chi connectivity index (χ4v) is 2.19. The molecular weight excluding hydrogens is 383 g/mol. The van der Waals surface area contributed by atoms with Crippen molar-refractivity contribution < 1.29 is 28.5 Å². The molecule has 6 nitrogen and oxygen atoms in total. The Morgan fingerprint density at radius 3 is 1.42 bits per heavy atom. The number of halogens is 2. The van der Waals surface area contributed by atoms with Crippen LogP contribution in [-0.4, -0.2) is 38.4 Å². The SMILES string of the molecule is O=C(OCCOc1ccccc1Cl)C(=O)OCCOc1ccccc1Cl. The number of carbonyl (C=O) groups is 2. The first-order valence-electron chi connectivity index (χ1n) is 7.66. The van der Waals surface area contributed by atoms with Crippen LogP contribution < -0.4 is 9.47 Å². The number of esters is 2. The van der Waals surface area contributed by atoms with E-state index in [-0.39, 0.29) is 26.4 Å². The third kappa shape index (κ3) is 6.46. The highest BCUT2D eigenvalue weighted by Gasteiger charge is 2.17. The van der Waals surface area contributed by atoms with E-state index in [1.54, 1.807) is 48.5 Å². The maximum atomic E-state index is 11.5. The largest absolute Gasteiger partial charge is 0.488 e. The molecule has 26 heavy (non-hydrogen) atoms. The number of hydrogen-bond donors (Lipinski definition) is 0. The van der Waals surface area contributed by atoms with Gasteiger partial charge in [0.2, 0.25) is 0 Å². The van der Waals surface area contributed by atoms with Crippen molar-refractivity contribution in [2.45, 2.75) is 0 Å². The summed E-state index contributed by atoms with van der Waals surface area (Å²) in [6.07, 6.45) is 0. The molecule has 0 atom stereocenters. The summed E-state index contributed by atoms with van der Waals surface area (Å²) in [4.78, 5) is 23.0. The Morgan fingerprint density at radius 2 is 1.04 bits per heavy atom. The van der Waals surface area contributed by atoms with Gasteiger partial charge in [-0.25, -0.2) is 9.59 Å². The topological polar surface area (TPSA) is 71.1 Å². The van der Waals surface area contributed by atoms with Gasteiger partial charge in [0.15, 0.2) is 0 Å². The molecule has 0 fully saturated rings. The highest BCUT2D eigenvalue weighted by molar-refractivity contribution is 6.32. The van der Waals surface area contributed by atoms with Gasteiger partial charge in [0.25, 0.3) is 0 Å².